The van der Waals surface area contributed by atoms with E-state index in [9.17, 15) is 1.37 Å². The first kappa shape index (κ1) is 35.9. The monoisotopic (exact) mass is 874 g/mol. The van der Waals surface area contributed by atoms with Crippen LogP contribution in [-0.2, 0) is 22.1 Å². The molecule has 4 nitrogen and oxygen atoms in total. The number of hydrogen-bond donors (Lipinski definition) is 0. The zero-order chi connectivity index (χ0) is 51.8. The van der Waals surface area contributed by atoms with Crippen LogP contribution in [0.2, 0.25) is 0 Å². The van der Waals surface area contributed by atoms with Crippen molar-refractivity contribution < 1.29 is 22.1 Å². The van der Waals surface area contributed by atoms with Gasteiger partial charge in [0.15, 0.2) is 23.0 Å². The summed E-state index contributed by atoms with van der Waals surface area (Å²) in [6, 6.07) is 31.5. The van der Waals surface area contributed by atoms with Gasteiger partial charge in [0.1, 0.15) is 16.8 Å². The van der Waals surface area contributed by atoms with Crippen molar-refractivity contribution in [2.24, 2.45) is 0 Å². The van der Waals surface area contributed by atoms with E-state index in [-0.39, 0.29) is 51.9 Å². The highest BCUT2D eigenvalue weighted by molar-refractivity contribution is 5.98. The summed E-state index contributed by atoms with van der Waals surface area (Å²) in [7, 11) is 0. The van der Waals surface area contributed by atoms with Gasteiger partial charge in [0.25, 0.3) is 0 Å². The fraction of sp³-hybridized carbons (Fsp3) is 0.323. The smallest absolute Gasteiger partial charge is 0.392 e. The third-order valence-corrected chi connectivity index (χ3v) is 14.4. The maximum absolute atomic E-state index is 9.28. The summed E-state index contributed by atoms with van der Waals surface area (Å²) in [4.78, 5) is 0. The summed E-state index contributed by atoms with van der Waals surface area (Å²) < 4.78 is 68.3. The van der Waals surface area contributed by atoms with Crippen LogP contribution in [0.3, 0.4) is 0 Å². The second kappa shape index (κ2) is 14.1. The van der Waals surface area contributed by atoms with Crippen LogP contribution in [0.15, 0.2) is 127 Å². The highest BCUT2D eigenvalue weighted by Gasteiger charge is 2.69. The van der Waals surface area contributed by atoms with Gasteiger partial charge in [-0.05, 0) is 128 Å². The molecule has 4 heteroatoms. The van der Waals surface area contributed by atoms with Crippen molar-refractivity contribution >= 4 is 11.0 Å². The van der Waals surface area contributed by atoms with Crippen LogP contribution in [-0.4, -0.2) is 4.57 Å². The summed E-state index contributed by atoms with van der Waals surface area (Å²) in [6.07, 6.45) is 2.00. The summed E-state index contributed by atoms with van der Waals surface area (Å²) in [5, 5.41) is 0. The normalized spacial score (nSPS) is 17.3. The van der Waals surface area contributed by atoms with Crippen LogP contribution in [0, 0.1) is 6.92 Å². The molecule has 3 aliphatic heterocycles. The molecule has 3 aliphatic rings. The van der Waals surface area contributed by atoms with Gasteiger partial charge in [-0.15, -0.1) is 9.13 Å². The Hall–Kier alpha value is -6.26. The van der Waals surface area contributed by atoms with E-state index in [0.29, 0.717) is 5.56 Å². The van der Waals surface area contributed by atoms with E-state index in [2.05, 4.69) is 176 Å². The fourth-order valence-corrected chi connectivity index (χ4v) is 11.0. The van der Waals surface area contributed by atoms with Crippen molar-refractivity contribution in [3.63, 3.8) is 0 Å². The molecule has 0 bridgehead atoms. The standard InChI is InChI=1S/C62H65N3O/c1-36(2)44-22-18-23-45(37(3)4)54(44)41-26-27-51(38(5)30-41)64-52-25-19-24-46-47-32-42(59(6,7)8)33-48-53-31-40(39-20-16-15-17-21-39)28-29-63(53)62(55(47)48)65(56(46)52)58(64)49-34-43(60(9,10)11)35-50(57(49)66-62)61(12,13)14/h15-37H,1-14H3/q+2/i15D,16D,17D,20D,21D,36D. The lowest BCUT2D eigenvalue weighted by Crippen LogP contribution is -2.78. The van der Waals surface area contributed by atoms with E-state index in [1.165, 1.54) is 11.1 Å². The Balaban J connectivity index is 1.31. The number of ether oxygens (including phenoxy) is 1. The number of hydrogen-bond acceptors (Lipinski definition) is 1. The van der Waals surface area contributed by atoms with Gasteiger partial charge >= 0.3 is 11.7 Å². The molecule has 0 amide bonds. The van der Waals surface area contributed by atoms with Crippen LogP contribution in [0.25, 0.3) is 72.7 Å². The first-order chi connectivity index (χ1) is 33.6. The van der Waals surface area contributed by atoms with E-state index in [4.69, 9.17) is 11.6 Å². The third-order valence-electron chi connectivity index (χ3n) is 14.4. The molecule has 0 saturated heterocycles. The molecule has 0 aliphatic carbocycles. The SMILES string of the molecule is [2H]c1c([2H])c([2H])c(-c2cc[n+]3c(c2)-c2cc(C(C)(C)C)cc4c2C32Oc3c(cc(C(C)(C)C)cc3C(C)(C)C)-c3n(-c5ccc(-c6c(C(C)C)cccc6C([2H])(C)C)cc5C)c5cccc-4c5[n+]32)c([2H])c1[2H]. The minimum Gasteiger partial charge on any atom is -0.392 e. The lowest BCUT2D eigenvalue weighted by molar-refractivity contribution is -0.997. The van der Waals surface area contributed by atoms with E-state index in [0.717, 1.165) is 95.2 Å². The van der Waals surface area contributed by atoms with Crippen LogP contribution in [0.5, 0.6) is 5.75 Å². The molecule has 66 heavy (non-hydrogen) atoms. The second-order valence-electron chi connectivity index (χ2n) is 22.6. The Morgan fingerprint density at radius 2 is 1.32 bits per heavy atom. The first-order valence-electron chi connectivity index (χ1n) is 26.6. The number of aromatic nitrogens is 3. The highest BCUT2D eigenvalue weighted by atomic mass is 16.5. The van der Waals surface area contributed by atoms with Crippen LogP contribution in [0.1, 0.15) is 149 Å². The van der Waals surface area contributed by atoms with E-state index < -0.39 is 17.8 Å². The van der Waals surface area contributed by atoms with Gasteiger partial charge in [-0.1, -0.05) is 157 Å². The molecule has 6 aromatic carbocycles. The molecule has 1 spiro atoms. The maximum atomic E-state index is 9.28. The van der Waals surface area contributed by atoms with Gasteiger partial charge in [0.05, 0.1) is 12.4 Å². The van der Waals surface area contributed by atoms with Crippen molar-refractivity contribution in [2.45, 2.75) is 131 Å². The number of benzene rings is 6. The fourth-order valence-electron chi connectivity index (χ4n) is 11.0. The summed E-state index contributed by atoms with van der Waals surface area (Å²) in [6.45, 7) is 30.9. The summed E-state index contributed by atoms with van der Waals surface area (Å²) >= 11 is 0. The second-order valence-corrected chi connectivity index (χ2v) is 22.6. The molecule has 1 unspecified atom stereocenters. The maximum Gasteiger partial charge on any atom is 0.499 e. The number of para-hydroxylation sites is 1. The van der Waals surface area contributed by atoms with E-state index in [1.807, 2.05) is 32.2 Å². The molecule has 2 aromatic heterocycles. The number of imidazole rings is 1. The lowest BCUT2D eigenvalue weighted by Gasteiger charge is -2.36. The number of pyridine rings is 1. The predicted octanol–water partition coefficient (Wildman–Crippen LogP) is 15.2. The van der Waals surface area contributed by atoms with Crippen molar-refractivity contribution in [1.82, 2.24) is 4.57 Å². The van der Waals surface area contributed by atoms with Crippen molar-refractivity contribution in [2.75, 3.05) is 0 Å². The Morgan fingerprint density at radius 3 is 1.98 bits per heavy atom. The number of fused-ring (bicyclic) bond motifs is 5. The topological polar surface area (TPSA) is 21.9 Å². The van der Waals surface area contributed by atoms with E-state index >= 15 is 0 Å². The van der Waals surface area contributed by atoms with Gasteiger partial charge < -0.3 is 4.74 Å². The molecule has 1 atom stereocenters. The third kappa shape index (κ3) is 5.95. The Labute approximate surface area is 401 Å². The molecule has 5 heterocycles. The van der Waals surface area contributed by atoms with Gasteiger partial charge in [-0.25, -0.2) is 0 Å². The Bertz CT molecular complexity index is 3680. The predicted molar refractivity (Wildman–Crippen MR) is 273 cm³/mol. The van der Waals surface area contributed by atoms with Crippen molar-refractivity contribution in [3.8, 4) is 67.5 Å². The van der Waals surface area contributed by atoms with Gasteiger partial charge in [0, 0.05) is 30.2 Å². The molecule has 0 saturated carbocycles. The molecule has 0 radical (unpaired) electrons. The average Bonchev–Trinajstić information content (AvgIpc) is 3.79. The summed E-state index contributed by atoms with van der Waals surface area (Å²) in [5.41, 5.74) is 17.9. The molecule has 0 N–H and O–H groups in total. The summed E-state index contributed by atoms with van der Waals surface area (Å²) in [5.74, 6) is -0.0719. The number of rotatable bonds is 5. The highest BCUT2D eigenvalue weighted by Crippen LogP contribution is 2.56. The first-order valence-corrected chi connectivity index (χ1v) is 23.6. The molecule has 0 fully saturated rings. The molecule has 332 valence electrons. The number of nitrogens with zero attached hydrogens (tertiary/aromatic N) is 3. The van der Waals surface area contributed by atoms with E-state index in [1.54, 1.807) is 0 Å². The molecule has 8 aromatic rings. The van der Waals surface area contributed by atoms with Crippen molar-refractivity contribution in [1.29, 1.82) is 0 Å². The largest absolute Gasteiger partial charge is 0.499 e. The molecular formula is C62H65N3O+2. The zero-order valence-corrected chi connectivity index (χ0v) is 41.1. The quantitative estimate of drug-likeness (QED) is 0.158. The molecule has 11 rings (SSSR count). The minimum absolute atomic E-state index is 0.159. The average molecular weight is 874 g/mol. The van der Waals surface area contributed by atoms with Crippen LogP contribution in [0.4, 0.5) is 0 Å². The zero-order valence-electron chi connectivity index (χ0n) is 47.1. The number of aryl methyl sites for hydroxylation is 1. The minimum atomic E-state index is -1.29. The Kier molecular flexibility index (Phi) is 7.69. The Morgan fingerprint density at radius 1 is 0.652 bits per heavy atom. The van der Waals surface area contributed by atoms with Gasteiger partial charge in [-0.2, -0.15) is 4.57 Å². The van der Waals surface area contributed by atoms with Crippen LogP contribution < -0.4 is 13.9 Å². The lowest BCUT2D eigenvalue weighted by atomic mass is 9.78. The van der Waals surface area contributed by atoms with Gasteiger partial charge in [-0.3, -0.25) is 0 Å². The van der Waals surface area contributed by atoms with Crippen LogP contribution >= 0.6 is 0 Å². The molecular weight excluding hydrogens is 803 g/mol. The van der Waals surface area contributed by atoms with Crippen molar-refractivity contribution in [3.05, 3.63) is 166 Å². The van der Waals surface area contributed by atoms with Gasteiger partial charge in [0.2, 0.25) is 5.69 Å².